The molecule has 0 saturated carbocycles. The van der Waals surface area contributed by atoms with Gasteiger partial charge in [0.05, 0.1) is 7.11 Å². The lowest BCUT2D eigenvalue weighted by Crippen LogP contribution is -2.20. The minimum atomic E-state index is -0.656. The summed E-state index contributed by atoms with van der Waals surface area (Å²) in [6.45, 7) is -0.277. The fraction of sp³-hybridized carbons (Fsp3) is 0.0800. The molecular formula is C25H20FN3O4. The minimum Gasteiger partial charge on any atom is -0.497 e. The molecule has 0 spiro atoms. The summed E-state index contributed by atoms with van der Waals surface area (Å²) in [4.78, 5) is 24.7. The Labute approximate surface area is 190 Å². The van der Waals surface area contributed by atoms with E-state index in [1.54, 1.807) is 55.6 Å². The molecule has 0 saturated heterocycles. The predicted octanol–water partition coefficient (Wildman–Crippen LogP) is 4.40. The molecule has 2 N–H and O–H groups in total. The van der Waals surface area contributed by atoms with E-state index in [4.69, 9.17) is 9.47 Å². The van der Waals surface area contributed by atoms with Gasteiger partial charge in [-0.15, -0.1) is 0 Å². The number of rotatable bonds is 8. The number of ether oxygens (including phenoxy) is 2. The van der Waals surface area contributed by atoms with Crippen LogP contribution in [0.4, 0.5) is 15.8 Å². The van der Waals surface area contributed by atoms with Crippen LogP contribution in [-0.2, 0) is 9.59 Å². The van der Waals surface area contributed by atoms with E-state index in [0.717, 1.165) is 0 Å². The summed E-state index contributed by atoms with van der Waals surface area (Å²) in [6.07, 6.45) is 1.36. The quantitative estimate of drug-likeness (QED) is 0.395. The van der Waals surface area contributed by atoms with E-state index >= 15 is 0 Å². The number of hydrogen-bond donors (Lipinski definition) is 2. The maximum Gasteiger partial charge on any atom is 0.266 e. The number of carbonyl (C=O) groups excluding carboxylic acids is 2. The first-order valence-electron chi connectivity index (χ1n) is 9.83. The van der Waals surface area contributed by atoms with Crippen LogP contribution in [-0.4, -0.2) is 25.5 Å². The summed E-state index contributed by atoms with van der Waals surface area (Å²) in [6, 6.07) is 20.6. The normalized spacial score (nSPS) is 10.6. The molecule has 7 nitrogen and oxygen atoms in total. The van der Waals surface area contributed by atoms with Crippen LogP contribution in [0.1, 0.15) is 5.56 Å². The number of para-hydroxylation sites is 1. The number of nitrogens with one attached hydrogen (secondary N) is 2. The van der Waals surface area contributed by atoms with Crippen LogP contribution in [0.2, 0.25) is 0 Å². The second-order valence-corrected chi connectivity index (χ2v) is 6.73. The SMILES string of the molecule is COc1ccc(NC(=O)COc2ccccc2C=C(C#N)C(=O)Nc2ccc(F)cc2)cc1. The van der Waals surface area contributed by atoms with Gasteiger partial charge in [0.15, 0.2) is 6.61 Å². The molecule has 3 aromatic carbocycles. The number of halogens is 1. The van der Waals surface area contributed by atoms with Crippen LogP contribution >= 0.6 is 0 Å². The first-order chi connectivity index (χ1) is 16.0. The minimum absolute atomic E-state index is 0.182. The van der Waals surface area contributed by atoms with Gasteiger partial charge in [-0.25, -0.2) is 4.39 Å². The monoisotopic (exact) mass is 445 g/mol. The number of hydrogen-bond acceptors (Lipinski definition) is 5. The molecule has 0 radical (unpaired) electrons. The summed E-state index contributed by atoms with van der Waals surface area (Å²) in [5.41, 5.74) is 1.20. The third-order valence-electron chi connectivity index (χ3n) is 4.42. The van der Waals surface area contributed by atoms with Gasteiger partial charge >= 0.3 is 0 Å². The fourth-order valence-electron chi connectivity index (χ4n) is 2.78. The highest BCUT2D eigenvalue weighted by atomic mass is 19.1. The first-order valence-corrected chi connectivity index (χ1v) is 9.83. The Bertz CT molecular complexity index is 1200. The molecule has 0 aromatic heterocycles. The second-order valence-electron chi connectivity index (χ2n) is 6.73. The molecule has 0 aliphatic carbocycles. The molecule has 3 aromatic rings. The van der Waals surface area contributed by atoms with Crippen LogP contribution in [0.5, 0.6) is 11.5 Å². The van der Waals surface area contributed by atoms with Crippen molar-refractivity contribution in [3.8, 4) is 17.6 Å². The van der Waals surface area contributed by atoms with Gasteiger partial charge in [0.25, 0.3) is 11.8 Å². The molecule has 33 heavy (non-hydrogen) atoms. The van der Waals surface area contributed by atoms with Gasteiger partial charge in [0, 0.05) is 16.9 Å². The number of methoxy groups -OCH3 is 1. The average molecular weight is 445 g/mol. The van der Waals surface area contributed by atoms with E-state index in [1.165, 1.54) is 30.3 Å². The van der Waals surface area contributed by atoms with Gasteiger partial charge in [-0.05, 0) is 60.7 Å². The first kappa shape index (κ1) is 23.0. The summed E-state index contributed by atoms with van der Waals surface area (Å²) < 4.78 is 23.7. The van der Waals surface area contributed by atoms with E-state index in [2.05, 4.69) is 10.6 Å². The van der Waals surface area contributed by atoms with E-state index in [1.807, 2.05) is 6.07 Å². The Morgan fingerprint density at radius 1 is 0.970 bits per heavy atom. The molecule has 0 fully saturated rings. The van der Waals surface area contributed by atoms with Crippen molar-refractivity contribution in [1.82, 2.24) is 0 Å². The van der Waals surface area contributed by atoms with E-state index in [9.17, 15) is 19.2 Å². The van der Waals surface area contributed by atoms with Crippen molar-refractivity contribution in [2.75, 3.05) is 24.4 Å². The lowest BCUT2D eigenvalue weighted by molar-refractivity contribution is -0.118. The Morgan fingerprint density at radius 2 is 1.61 bits per heavy atom. The highest BCUT2D eigenvalue weighted by molar-refractivity contribution is 6.09. The van der Waals surface area contributed by atoms with Crippen LogP contribution in [0.25, 0.3) is 6.08 Å². The number of amides is 2. The lowest BCUT2D eigenvalue weighted by atomic mass is 10.1. The van der Waals surface area contributed by atoms with Crippen LogP contribution in [0.15, 0.2) is 78.4 Å². The van der Waals surface area contributed by atoms with Gasteiger partial charge in [0.2, 0.25) is 0 Å². The van der Waals surface area contributed by atoms with Crippen LogP contribution in [0.3, 0.4) is 0 Å². The topological polar surface area (TPSA) is 100 Å². The molecule has 3 rings (SSSR count). The fourth-order valence-corrected chi connectivity index (χ4v) is 2.78. The maximum atomic E-state index is 13.0. The van der Waals surface area contributed by atoms with Crippen molar-refractivity contribution in [3.05, 3.63) is 89.8 Å². The number of benzene rings is 3. The van der Waals surface area contributed by atoms with Crippen molar-refractivity contribution >= 4 is 29.3 Å². The maximum absolute atomic E-state index is 13.0. The molecule has 166 valence electrons. The molecule has 0 bridgehead atoms. The zero-order chi connectivity index (χ0) is 23.6. The molecule has 0 aliphatic rings. The summed E-state index contributed by atoms with van der Waals surface area (Å²) in [7, 11) is 1.55. The molecule has 8 heteroatoms. The highest BCUT2D eigenvalue weighted by Crippen LogP contribution is 2.22. The standard InChI is InChI=1S/C25H20FN3O4/c1-32-22-12-10-20(11-13-22)28-24(30)16-33-23-5-3-2-4-17(23)14-18(15-27)25(31)29-21-8-6-19(26)7-9-21/h2-14H,16H2,1H3,(H,28,30)(H,29,31). The summed E-state index contributed by atoms with van der Waals surface area (Å²) in [5.74, 6) is -0.484. The third kappa shape index (κ3) is 6.67. The number of nitrogens with zero attached hydrogens (tertiary/aromatic N) is 1. The third-order valence-corrected chi connectivity index (χ3v) is 4.42. The van der Waals surface area contributed by atoms with Crippen molar-refractivity contribution in [2.45, 2.75) is 0 Å². The van der Waals surface area contributed by atoms with Gasteiger partial charge in [0.1, 0.15) is 29.0 Å². The van der Waals surface area contributed by atoms with Crippen molar-refractivity contribution in [2.24, 2.45) is 0 Å². The molecule has 0 aliphatic heterocycles. The predicted molar refractivity (Wildman–Crippen MR) is 122 cm³/mol. The second kappa shape index (κ2) is 11.1. The van der Waals surface area contributed by atoms with E-state index in [-0.39, 0.29) is 18.1 Å². The number of carbonyl (C=O) groups is 2. The van der Waals surface area contributed by atoms with Crippen LogP contribution in [0, 0.1) is 17.1 Å². The van der Waals surface area contributed by atoms with Crippen molar-refractivity contribution < 1.29 is 23.5 Å². The Hall–Kier alpha value is -4.64. The van der Waals surface area contributed by atoms with E-state index in [0.29, 0.717) is 28.4 Å². The lowest BCUT2D eigenvalue weighted by Gasteiger charge is -2.11. The molecule has 0 unspecified atom stereocenters. The smallest absolute Gasteiger partial charge is 0.266 e. The van der Waals surface area contributed by atoms with Crippen molar-refractivity contribution in [1.29, 1.82) is 5.26 Å². The molecular weight excluding hydrogens is 425 g/mol. The molecule has 0 atom stereocenters. The van der Waals surface area contributed by atoms with Gasteiger partial charge in [-0.3, -0.25) is 9.59 Å². The van der Waals surface area contributed by atoms with Gasteiger partial charge < -0.3 is 20.1 Å². The largest absolute Gasteiger partial charge is 0.497 e. The Morgan fingerprint density at radius 3 is 2.27 bits per heavy atom. The van der Waals surface area contributed by atoms with E-state index < -0.39 is 11.7 Å². The average Bonchev–Trinajstić information content (AvgIpc) is 2.83. The van der Waals surface area contributed by atoms with Gasteiger partial charge in [-0.1, -0.05) is 18.2 Å². The Kier molecular flexibility index (Phi) is 7.76. The molecule has 2 amide bonds. The van der Waals surface area contributed by atoms with Crippen LogP contribution < -0.4 is 20.1 Å². The number of nitriles is 1. The summed E-state index contributed by atoms with van der Waals surface area (Å²) >= 11 is 0. The Balaban J connectivity index is 1.67. The summed E-state index contributed by atoms with van der Waals surface area (Å²) in [5, 5.41) is 14.7. The van der Waals surface area contributed by atoms with Gasteiger partial charge in [-0.2, -0.15) is 5.26 Å². The zero-order valence-electron chi connectivity index (χ0n) is 17.7. The zero-order valence-corrected chi connectivity index (χ0v) is 17.7. The number of anilines is 2. The molecule has 0 heterocycles. The highest BCUT2D eigenvalue weighted by Gasteiger charge is 2.12. The van der Waals surface area contributed by atoms with Crippen molar-refractivity contribution in [3.63, 3.8) is 0 Å².